The second-order valence-electron chi connectivity index (χ2n) is 3.66. The molecule has 0 aliphatic carbocycles. The van der Waals surface area contributed by atoms with Gasteiger partial charge in [-0.05, 0) is 24.6 Å². The van der Waals surface area contributed by atoms with Crippen LogP contribution >= 0.6 is 0 Å². The van der Waals surface area contributed by atoms with Crippen molar-refractivity contribution in [1.29, 1.82) is 0 Å². The summed E-state index contributed by atoms with van der Waals surface area (Å²) < 4.78 is 4.88. The van der Waals surface area contributed by atoms with Gasteiger partial charge in [-0.3, -0.25) is 4.98 Å². The number of benzene rings is 1. The normalized spacial score (nSPS) is 15.4. The minimum atomic E-state index is -0.462. The first-order chi connectivity index (χ1) is 7.08. The Balaban J connectivity index is 2.50. The predicted octanol–water partition coefficient (Wildman–Crippen LogP) is 0.468. The van der Waals surface area contributed by atoms with Crippen molar-refractivity contribution in [2.24, 2.45) is 11.5 Å². The summed E-state index contributed by atoms with van der Waals surface area (Å²) in [6.07, 6.45) is 0. The van der Waals surface area contributed by atoms with Crippen LogP contribution in [0, 0.1) is 0 Å². The Labute approximate surface area is 86.1 Å². The molecule has 0 aliphatic heterocycles. The van der Waals surface area contributed by atoms with Gasteiger partial charge in [0.25, 0.3) is 0 Å². The number of nitrogens with two attached hydrogens (primary N) is 2. The zero-order valence-corrected chi connectivity index (χ0v) is 8.36. The van der Waals surface area contributed by atoms with Gasteiger partial charge in [0.2, 0.25) is 0 Å². The molecule has 0 saturated carbocycles. The number of H-pyrrole nitrogens is 1. The number of rotatable bonds is 2. The van der Waals surface area contributed by atoms with Crippen LogP contribution in [0.3, 0.4) is 0 Å². The second kappa shape index (κ2) is 3.52. The van der Waals surface area contributed by atoms with Gasteiger partial charge in [0.1, 0.15) is 0 Å². The quantitative estimate of drug-likeness (QED) is 0.666. The highest BCUT2D eigenvalue weighted by atomic mass is 16.4. The first kappa shape index (κ1) is 9.95. The Morgan fingerprint density at radius 2 is 2.13 bits per heavy atom. The molecule has 2 rings (SSSR count). The van der Waals surface area contributed by atoms with E-state index in [1.165, 1.54) is 0 Å². The molecule has 5 nitrogen and oxygen atoms in total. The third kappa shape index (κ3) is 1.79. The number of oxazole rings is 1. The largest absolute Gasteiger partial charge is 0.417 e. The van der Waals surface area contributed by atoms with Crippen molar-refractivity contribution >= 4 is 11.1 Å². The van der Waals surface area contributed by atoms with Crippen LogP contribution in [0.15, 0.2) is 27.4 Å². The summed E-state index contributed by atoms with van der Waals surface area (Å²) >= 11 is 0. The second-order valence-corrected chi connectivity index (χ2v) is 3.66. The Hall–Kier alpha value is -1.59. The molecule has 0 aliphatic rings. The van der Waals surface area contributed by atoms with Gasteiger partial charge in [0.05, 0.1) is 5.52 Å². The Kier molecular flexibility index (Phi) is 2.34. The van der Waals surface area contributed by atoms with Gasteiger partial charge in [-0.25, -0.2) is 4.79 Å². The summed E-state index contributed by atoms with van der Waals surface area (Å²) in [7, 11) is 0. The highest BCUT2D eigenvalue weighted by molar-refractivity contribution is 5.72. The van der Waals surface area contributed by atoms with Gasteiger partial charge in [-0.1, -0.05) is 6.07 Å². The molecule has 0 spiro atoms. The number of aromatic nitrogens is 1. The average molecular weight is 207 g/mol. The van der Waals surface area contributed by atoms with E-state index < -0.39 is 5.76 Å². The minimum absolute atomic E-state index is 0.138. The summed E-state index contributed by atoms with van der Waals surface area (Å²) in [5, 5.41) is 0. The number of hydrogen-bond acceptors (Lipinski definition) is 4. The standard InChI is InChI=1S/C10H13N3O2/c1-5(11)9(12)6-2-3-8-7(4-6)13-10(14)15-8/h2-5,9H,11-12H2,1H3,(H,13,14). The van der Waals surface area contributed by atoms with Crippen molar-refractivity contribution in [2.75, 3.05) is 0 Å². The molecule has 80 valence electrons. The van der Waals surface area contributed by atoms with Crippen LogP contribution in [-0.4, -0.2) is 11.0 Å². The van der Waals surface area contributed by atoms with Gasteiger partial charge < -0.3 is 15.9 Å². The maximum Gasteiger partial charge on any atom is 0.417 e. The molecular formula is C10H13N3O2. The van der Waals surface area contributed by atoms with E-state index in [1.807, 2.05) is 13.0 Å². The Morgan fingerprint density at radius 1 is 1.40 bits per heavy atom. The van der Waals surface area contributed by atoms with Crippen LogP contribution in [0.25, 0.3) is 11.1 Å². The van der Waals surface area contributed by atoms with Crippen molar-refractivity contribution in [3.05, 3.63) is 34.3 Å². The molecule has 2 atom stereocenters. The molecule has 1 heterocycles. The Bertz CT molecular complexity index is 527. The number of hydrogen-bond donors (Lipinski definition) is 3. The van der Waals surface area contributed by atoms with Crippen LogP contribution in [0.2, 0.25) is 0 Å². The smallest absolute Gasteiger partial charge is 0.408 e. The molecule has 5 N–H and O–H groups in total. The zero-order chi connectivity index (χ0) is 11.0. The molecular weight excluding hydrogens is 194 g/mol. The van der Waals surface area contributed by atoms with Crippen molar-refractivity contribution < 1.29 is 4.42 Å². The lowest BCUT2D eigenvalue weighted by Crippen LogP contribution is -2.30. The van der Waals surface area contributed by atoms with Gasteiger partial charge in [0.15, 0.2) is 5.58 Å². The maximum absolute atomic E-state index is 10.9. The first-order valence-electron chi connectivity index (χ1n) is 4.72. The van der Waals surface area contributed by atoms with Gasteiger partial charge in [-0.2, -0.15) is 0 Å². The highest BCUT2D eigenvalue weighted by Crippen LogP contribution is 2.18. The van der Waals surface area contributed by atoms with E-state index in [-0.39, 0.29) is 12.1 Å². The van der Waals surface area contributed by atoms with E-state index in [4.69, 9.17) is 15.9 Å². The van der Waals surface area contributed by atoms with Gasteiger partial charge in [0, 0.05) is 12.1 Å². The summed E-state index contributed by atoms with van der Waals surface area (Å²) in [6, 6.07) is 4.93. The summed E-state index contributed by atoms with van der Waals surface area (Å²) in [6.45, 7) is 1.84. The molecule has 0 radical (unpaired) electrons. The van der Waals surface area contributed by atoms with Gasteiger partial charge >= 0.3 is 5.76 Å². The molecule has 0 amide bonds. The topological polar surface area (TPSA) is 98.0 Å². The molecule has 0 bridgehead atoms. The van der Waals surface area contributed by atoms with E-state index in [0.717, 1.165) is 5.56 Å². The summed E-state index contributed by atoms with van der Waals surface area (Å²) in [4.78, 5) is 13.5. The SMILES string of the molecule is CC(N)C(N)c1ccc2oc(=O)[nH]c2c1. The van der Waals surface area contributed by atoms with Crippen LogP contribution in [-0.2, 0) is 0 Å². The third-order valence-corrected chi connectivity index (χ3v) is 2.39. The molecule has 2 unspecified atom stereocenters. The average Bonchev–Trinajstić information content (AvgIpc) is 2.55. The van der Waals surface area contributed by atoms with Crippen molar-refractivity contribution in [3.63, 3.8) is 0 Å². The van der Waals surface area contributed by atoms with Crippen molar-refractivity contribution in [3.8, 4) is 0 Å². The van der Waals surface area contributed by atoms with E-state index in [9.17, 15) is 4.79 Å². The fourth-order valence-corrected chi connectivity index (χ4v) is 1.48. The highest BCUT2D eigenvalue weighted by Gasteiger charge is 2.12. The lowest BCUT2D eigenvalue weighted by atomic mass is 10.0. The van der Waals surface area contributed by atoms with E-state index in [1.54, 1.807) is 12.1 Å². The van der Waals surface area contributed by atoms with E-state index in [0.29, 0.717) is 11.1 Å². The van der Waals surface area contributed by atoms with Crippen molar-refractivity contribution in [1.82, 2.24) is 4.98 Å². The summed E-state index contributed by atoms with van der Waals surface area (Å²) in [5.74, 6) is -0.462. The maximum atomic E-state index is 10.9. The van der Waals surface area contributed by atoms with E-state index >= 15 is 0 Å². The zero-order valence-electron chi connectivity index (χ0n) is 8.36. The number of nitrogens with one attached hydrogen (secondary N) is 1. The molecule has 15 heavy (non-hydrogen) atoms. The van der Waals surface area contributed by atoms with E-state index in [2.05, 4.69) is 4.98 Å². The first-order valence-corrected chi connectivity index (χ1v) is 4.72. The van der Waals surface area contributed by atoms with Crippen molar-refractivity contribution in [2.45, 2.75) is 19.0 Å². The molecule has 2 aromatic rings. The Morgan fingerprint density at radius 3 is 2.80 bits per heavy atom. The van der Waals surface area contributed by atoms with Crippen LogP contribution in [0.4, 0.5) is 0 Å². The molecule has 0 saturated heterocycles. The molecule has 0 fully saturated rings. The monoisotopic (exact) mass is 207 g/mol. The molecule has 1 aromatic heterocycles. The number of fused-ring (bicyclic) bond motifs is 1. The lowest BCUT2D eigenvalue weighted by molar-refractivity contribution is 0.555. The number of aromatic amines is 1. The van der Waals surface area contributed by atoms with Gasteiger partial charge in [-0.15, -0.1) is 0 Å². The molecule has 5 heteroatoms. The van der Waals surface area contributed by atoms with Crippen LogP contribution in [0.5, 0.6) is 0 Å². The molecule has 1 aromatic carbocycles. The minimum Gasteiger partial charge on any atom is -0.408 e. The van der Waals surface area contributed by atoms with Crippen LogP contribution in [0.1, 0.15) is 18.5 Å². The summed E-state index contributed by atoms with van der Waals surface area (Å²) in [5.41, 5.74) is 13.6. The lowest BCUT2D eigenvalue weighted by Gasteiger charge is -2.15. The predicted molar refractivity (Wildman–Crippen MR) is 57.4 cm³/mol. The third-order valence-electron chi connectivity index (χ3n) is 2.39. The van der Waals surface area contributed by atoms with Crippen LogP contribution < -0.4 is 17.2 Å². The fraction of sp³-hybridized carbons (Fsp3) is 0.300. The fourth-order valence-electron chi connectivity index (χ4n) is 1.48.